The van der Waals surface area contributed by atoms with E-state index in [2.05, 4.69) is 0 Å². The number of alkyl halides is 1. The Hall–Kier alpha value is -0.970. The summed E-state index contributed by atoms with van der Waals surface area (Å²) < 4.78 is 12.4. The molecule has 0 aromatic rings. The van der Waals surface area contributed by atoms with Gasteiger partial charge in [-0.05, 0) is 6.92 Å². The highest BCUT2D eigenvalue weighted by Crippen LogP contribution is 2.02. The smallest absolute Gasteiger partial charge is 0.320 e. The lowest BCUT2D eigenvalue weighted by Gasteiger charge is -2.07. The molecule has 5 heteroatoms. The number of Topliss-reactive ketones (excluding diaryl/α,β-unsaturated/α-hetero) is 1. The summed E-state index contributed by atoms with van der Waals surface area (Å²) in [5, 5.41) is 8.21. The first-order chi connectivity index (χ1) is 4.95. The molecule has 0 bridgehead atoms. The fourth-order valence-corrected chi connectivity index (χ4v) is 0.490. The van der Waals surface area contributed by atoms with Crippen LogP contribution in [0.1, 0.15) is 13.3 Å². The van der Waals surface area contributed by atoms with E-state index in [4.69, 9.17) is 10.8 Å². The van der Waals surface area contributed by atoms with E-state index in [-0.39, 0.29) is 0 Å². The van der Waals surface area contributed by atoms with Gasteiger partial charge in [0.15, 0.2) is 12.0 Å². The molecular formula is C6H10FNO3. The number of halogens is 1. The number of ketones is 1. The van der Waals surface area contributed by atoms with E-state index in [1.165, 1.54) is 0 Å². The van der Waals surface area contributed by atoms with Crippen molar-refractivity contribution in [3.05, 3.63) is 0 Å². The Bertz CT molecular complexity index is 153. The predicted molar refractivity (Wildman–Crippen MR) is 35.8 cm³/mol. The average molecular weight is 162 g/mol. The summed E-state index contributed by atoms with van der Waals surface area (Å²) in [6, 6.07) is -1.30. The highest BCUT2D eigenvalue weighted by atomic mass is 18.2. The largest absolute Gasteiger partial charge is 0.480 e. The summed E-state index contributed by atoms with van der Waals surface area (Å²) in [5.74, 6) is -1.99. The Labute approximate surface area is 63.2 Å². The number of aliphatic carboxylic acids is 1. The molecule has 2 unspecified atom stereocenters. The summed E-state index contributed by atoms with van der Waals surface area (Å²) in [6.45, 7) is 1.05. The molecule has 0 aliphatic heterocycles. The monoisotopic (exact) mass is 162 g/mol. The Morgan fingerprint density at radius 3 is 2.36 bits per heavy atom. The van der Waals surface area contributed by atoms with Gasteiger partial charge in [0.2, 0.25) is 0 Å². The predicted octanol–water partition coefficient (Wildman–Crippen LogP) is -0.285. The fourth-order valence-electron chi connectivity index (χ4n) is 0.490. The van der Waals surface area contributed by atoms with Crippen LogP contribution in [0.25, 0.3) is 0 Å². The summed E-state index contributed by atoms with van der Waals surface area (Å²) in [6.07, 6.45) is -2.22. The van der Waals surface area contributed by atoms with Crippen LogP contribution in [0.2, 0.25) is 0 Å². The summed E-state index contributed by atoms with van der Waals surface area (Å²) in [5.41, 5.74) is 4.96. The Balaban J connectivity index is 3.84. The second kappa shape index (κ2) is 4.02. The van der Waals surface area contributed by atoms with E-state index in [0.29, 0.717) is 0 Å². The van der Waals surface area contributed by atoms with Gasteiger partial charge in [-0.1, -0.05) is 0 Å². The third kappa shape index (κ3) is 3.67. The molecule has 0 heterocycles. The van der Waals surface area contributed by atoms with Crippen LogP contribution in [0.15, 0.2) is 0 Å². The Morgan fingerprint density at radius 2 is 2.09 bits per heavy atom. The quantitative estimate of drug-likeness (QED) is 0.595. The lowest BCUT2D eigenvalue weighted by Crippen LogP contribution is -2.34. The zero-order valence-corrected chi connectivity index (χ0v) is 6.08. The second-order valence-corrected chi connectivity index (χ2v) is 2.26. The molecular weight excluding hydrogens is 152 g/mol. The molecule has 4 nitrogen and oxygen atoms in total. The van der Waals surface area contributed by atoms with E-state index in [9.17, 15) is 14.0 Å². The molecule has 0 amide bonds. The summed E-state index contributed by atoms with van der Waals surface area (Å²) in [4.78, 5) is 20.3. The molecule has 0 aliphatic rings. The van der Waals surface area contributed by atoms with Crippen molar-refractivity contribution in [1.82, 2.24) is 0 Å². The highest BCUT2D eigenvalue weighted by Gasteiger charge is 2.20. The lowest BCUT2D eigenvalue weighted by molar-refractivity contribution is -0.139. The number of carboxylic acids is 1. The zero-order valence-electron chi connectivity index (χ0n) is 6.08. The van der Waals surface area contributed by atoms with Crippen LogP contribution >= 0.6 is 0 Å². The van der Waals surface area contributed by atoms with Gasteiger partial charge in [-0.25, -0.2) is 4.39 Å². The minimum Gasteiger partial charge on any atom is -0.480 e. The molecule has 0 aromatic heterocycles. The standard InChI is InChI=1S/C6H10FNO3/c1-3(9)4(7)2-5(8)6(10)11/h4-5H,2,8H2,1H3,(H,10,11)/i7-1. The molecule has 0 fully saturated rings. The van der Waals surface area contributed by atoms with Gasteiger partial charge in [0.05, 0.1) is 0 Å². The van der Waals surface area contributed by atoms with Crippen LogP contribution in [0, 0.1) is 0 Å². The molecule has 0 aliphatic carbocycles. The van der Waals surface area contributed by atoms with Crippen LogP contribution in [-0.4, -0.2) is 29.1 Å². The fraction of sp³-hybridized carbons (Fsp3) is 0.667. The first kappa shape index (κ1) is 10.0. The van der Waals surface area contributed by atoms with Gasteiger partial charge >= 0.3 is 5.97 Å². The van der Waals surface area contributed by atoms with Gasteiger partial charge in [0, 0.05) is 6.42 Å². The first-order valence-corrected chi connectivity index (χ1v) is 3.08. The molecule has 0 radical (unpaired) electrons. The SMILES string of the molecule is CC(=O)C([18F])CC(N)C(=O)O. The van der Waals surface area contributed by atoms with E-state index < -0.39 is 30.4 Å². The third-order valence-electron chi connectivity index (χ3n) is 1.22. The number of hydrogen-bond acceptors (Lipinski definition) is 3. The summed E-state index contributed by atoms with van der Waals surface area (Å²) >= 11 is 0. The van der Waals surface area contributed by atoms with E-state index in [1.807, 2.05) is 0 Å². The van der Waals surface area contributed by atoms with Gasteiger partial charge in [-0.3, -0.25) is 9.59 Å². The first-order valence-electron chi connectivity index (χ1n) is 3.08. The molecule has 11 heavy (non-hydrogen) atoms. The Kier molecular flexibility index (Phi) is 3.67. The maximum absolute atomic E-state index is 12.4. The Morgan fingerprint density at radius 1 is 1.64 bits per heavy atom. The van der Waals surface area contributed by atoms with Gasteiger partial charge in [-0.15, -0.1) is 0 Å². The van der Waals surface area contributed by atoms with Gasteiger partial charge in [0.1, 0.15) is 6.04 Å². The van der Waals surface area contributed by atoms with Crippen molar-refractivity contribution in [2.24, 2.45) is 5.73 Å². The van der Waals surface area contributed by atoms with Crippen LogP contribution < -0.4 is 5.73 Å². The number of nitrogens with two attached hydrogens (primary N) is 1. The topological polar surface area (TPSA) is 80.4 Å². The van der Waals surface area contributed by atoms with Crippen molar-refractivity contribution in [2.45, 2.75) is 25.6 Å². The molecule has 2 atom stereocenters. The van der Waals surface area contributed by atoms with Crippen LogP contribution in [0.3, 0.4) is 0 Å². The second-order valence-electron chi connectivity index (χ2n) is 2.26. The van der Waals surface area contributed by atoms with Gasteiger partial charge in [0.25, 0.3) is 0 Å². The minimum atomic E-state index is -1.76. The maximum atomic E-state index is 12.4. The lowest BCUT2D eigenvalue weighted by atomic mass is 10.1. The molecule has 3 N–H and O–H groups in total. The molecule has 0 saturated carbocycles. The van der Waals surface area contributed by atoms with E-state index >= 15 is 0 Å². The number of carboxylic acid groups (broad SMARTS) is 1. The van der Waals surface area contributed by atoms with Crippen molar-refractivity contribution in [3.63, 3.8) is 0 Å². The average Bonchev–Trinajstić information content (AvgIpc) is 1.87. The third-order valence-corrected chi connectivity index (χ3v) is 1.22. The zero-order chi connectivity index (χ0) is 9.02. The molecule has 0 spiro atoms. The molecule has 0 aromatic carbocycles. The summed E-state index contributed by atoms with van der Waals surface area (Å²) in [7, 11) is 0. The van der Waals surface area contributed by atoms with Crippen molar-refractivity contribution in [1.29, 1.82) is 0 Å². The number of rotatable bonds is 4. The van der Waals surface area contributed by atoms with E-state index in [0.717, 1.165) is 6.92 Å². The van der Waals surface area contributed by atoms with Gasteiger partial charge < -0.3 is 10.8 Å². The highest BCUT2D eigenvalue weighted by molar-refractivity contribution is 5.81. The van der Waals surface area contributed by atoms with Crippen molar-refractivity contribution in [3.8, 4) is 0 Å². The van der Waals surface area contributed by atoms with Crippen LogP contribution in [0.4, 0.5) is 4.39 Å². The van der Waals surface area contributed by atoms with Gasteiger partial charge in [-0.2, -0.15) is 0 Å². The molecule has 64 valence electrons. The van der Waals surface area contributed by atoms with E-state index in [1.54, 1.807) is 0 Å². The molecule has 0 saturated heterocycles. The van der Waals surface area contributed by atoms with Crippen LogP contribution in [0.5, 0.6) is 0 Å². The molecule has 0 rings (SSSR count). The van der Waals surface area contributed by atoms with Crippen molar-refractivity contribution in [2.75, 3.05) is 0 Å². The normalized spacial score (nSPS) is 15.5. The number of carbonyl (C=O) groups is 2. The van der Waals surface area contributed by atoms with Crippen LogP contribution in [-0.2, 0) is 9.59 Å². The minimum absolute atomic E-state index is 0.454. The van der Waals surface area contributed by atoms with Crippen molar-refractivity contribution < 1.29 is 19.1 Å². The number of carbonyl (C=O) groups excluding carboxylic acids is 1. The van der Waals surface area contributed by atoms with Crippen molar-refractivity contribution >= 4 is 11.8 Å². The maximum Gasteiger partial charge on any atom is 0.320 e. The number of hydrogen-bond donors (Lipinski definition) is 2.